The van der Waals surface area contributed by atoms with Crippen LogP contribution in [0.15, 0.2) is 18.2 Å². The minimum atomic E-state index is 0.445. The van der Waals surface area contributed by atoms with Gasteiger partial charge in [0.15, 0.2) is 0 Å². The fourth-order valence-electron chi connectivity index (χ4n) is 3.29. The molecular formula is C17H26N2O. The lowest BCUT2D eigenvalue weighted by atomic mass is 10.1. The number of ether oxygens (including phenoxy) is 1. The number of aryl methyl sites for hydroxylation is 1. The molecule has 1 aromatic rings. The molecule has 0 aliphatic carbocycles. The molecule has 2 unspecified atom stereocenters. The second-order valence-corrected chi connectivity index (χ2v) is 6.53. The van der Waals surface area contributed by atoms with Gasteiger partial charge in [-0.1, -0.05) is 31.5 Å². The molecule has 1 aromatic carbocycles. The number of nitrogens with one attached hydrogen (secondary N) is 1. The molecule has 3 nitrogen and oxygen atoms in total. The first kappa shape index (κ1) is 13.9. The first-order valence-electron chi connectivity index (χ1n) is 7.85. The highest BCUT2D eigenvalue weighted by Crippen LogP contribution is 2.31. The number of hydrogen-bond acceptors (Lipinski definition) is 3. The molecule has 2 heterocycles. The molecule has 2 aliphatic heterocycles. The highest BCUT2D eigenvalue weighted by molar-refractivity contribution is 5.55. The van der Waals surface area contributed by atoms with Crippen LogP contribution >= 0.6 is 0 Å². The van der Waals surface area contributed by atoms with E-state index >= 15 is 0 Å². The number of hydrogen-bond donors (Lipinski definition) is 1. The Morgan fingerprint density at radius 3 is 2.60 bits per heavy atom. The summed E-state index contributed by atoms with van der Waals surface area (Å²) in [6.45, 7) is 9.62. The van der Waals surface area contributed by atoms with Crippen molar-refractivity contribution >= 4 is 5.69 Å². The maximum Gasteiger partial charge on any atom is 0.0755 e. The zero-order chi connectivity index (χ0) is 14.1. The van der Waals surface area contributed by atoms with E-state index in [-0.39, 0.29) is 0 Å². The van der Waals surface area contributed by atoms with E-state index < -0.39 is 0 Å². The van der Waals surface area contributed by atoms with Crippen LogP contribution in [0.4, 0.5) is 5.69 Å². The van der Waals surface area contributed by atoms with Gasteiger partial charge >= 0.3 is 0 Å². The molecule has 0 aromatic heterocycles. The molecule has 3 heteroatoms. The summed E-state index contributed by atoms with van der Waals surface area (Å²) in [6.07, 6.45) is 3.35. The monoisotopic (exact) mass is 274 g/mol. The Labute approximate surface area is 122 Å². The van der Waals surface area contributed by atoms with Gasteiger partial charge in [0.2, 0.25) is 0 Å². The van der Waals surface area contributed by atoms with E-state index in [1.165, 1.54) is 29.7 Å². The van der Waals surface area contributed by atoms with Crippen molar-refractivity contribution in [3.63, 3.8) is 0 Å². The van der Waals surface area contributed by atoms with E-state index in [0.29, 0.717) is 18.2 Å². The van der Waals surface area contributed by atoms with Gasteiger partial charge in [0.05, 0.1) is 12.2 Å². The van der Waals surface area contributed by atoms with Crippen molar-refractivity contribution in [2.24, 2.45) is 0 Å². The predicted molar refractivity (Wildman–Crippen MR) is 83.3 cm³/mol. The number of anilines is 1. The first-order chi connectivity index (χ1) is 9.61. The number of fused-ring (bicyclic) bond motifs is 2. The molecule has 0 spiro atoms. The highest BCUT2D eigenvalue weighted by Gasteiger charge is 2.34. The average Bonchev–Trinajstić information content (AvgIpc) is 2.75. The Morgan fingerprint density at radius 2 is 1.95 bits per heavy atom. The van der Waals surface area contributed by atoms with Crippen molar-refractivity contribution < 1.29 is 4.74 Å². The van der Waals surface area contributed by atoms with Crippen LogP contribution in [0, 0.1) is 6.92 Å². The first-order valence-corrected chi connectivity index (χ1v) is 7.85. The van der Waals surface area contributed by atoms with Crippen LogP contribution in [0.25, 0.3) is 0 Å². The van der Waals surface area contributed by atoms with Crippen molar-refractivity contribution in [1.82, 2.24) is 5.32 Å². The molecule has 0 radical (unpaired) electrons. The summed E-state index contributed by atoms with van der Waals surface area (Å²) < 4.78 is 5.95. The van der Waals surface area contributed by atoms with Crippen LogP contribution < -0.4 is 10.2 Å². The second kappa shape index (κ2) is 5.74. The van der Waals surface area contributed by atoms with E-state index in [2.05, 4.69) is 49.2 Å². The molecule has 0 saturated carbocycles. The summed E-state index contributed by atoms with van der Waals surface area (Å²) in [5, 5.41) is 3.55. The zero-order valence-corrected chi connectivity index (χ0v) is 12.9. The van der Waals surface area contributed by atoms with Crippen molar-refractivity contribution in [2.75, 3.05) is 18.0 Å². The molecule has 2 bridgehead atoms. The van der Waals surface area contributed by atoms with E-state index in [0.717, 1.165) is 19.6 Å². The van der Waals surface area contributed by atoms with Gasteiger partial charge in [-0.3, -0.25) is 0 Å². The molecular weight excluding hydrogens is 248 g/mol. The fourth-order valence-corrected chi connectivity index (χ4v) is 3.29. The van der Waals surface area contributed by atoms with Crippen molar-refractivity contribution in [1.29, 1.82) is 0 Å². The highest BCUT2D eigenvalue weighted by atomic mass is 16.5. The Kier molecular flexibility index (Phi) is 3.99. The smallest absolute Gasteiger partial charge is 0.0755 e. The number of morpholine rings is 1. The third kappa shape index (κ3) is 2.99. The average molecular weight is 274 g/mol. The minimum absolute atomic E-state index is 0.445. The van der Waals surface area contributed by atoms with E-state index in [4.69, 9.17) is 4.74 Å². The normalized spacial score (nSPS) is 25.5. The Balaban J connectivity index is 1.80. The Bertz CT molecular complexity index is 460. The van der Waals surface area contributed by atoms with Gasteiger partial charge in [-0.15, -0.1) is 0 Å². The summed E-state index contributed by atoms with van der Waals surface area (Å²) in [5.74, 6) is 0. The number of benzene rings is 1. The lowest BCUT2D eigenvalue weighted by Crippen LogP contribution is -2.43. The van der Waals surface area contributed by atoms with E-state index in [1.807, 2.05) is 0 Å². The molecule has 2 aliphatic rings. The molecule has 3 rings (SSSR count). The molecule has 2 saturated heterocycles. The van der Waals surface area contributed by atoms with Gasteiger partial charge in [0, 0.05) is 31.4 Å². The molecule has 0 amide bonds. The zero-order valence-electron chi connectivity index (χ0n) is 12.9. The number of nitrogens with zero attached hydrogens (tertiary/aromatic N) is 1. The number of rotatable bonds is 4. The van der Waals surface area contributed by atoms with Crippen molar-refractivity contribution in [2.45, 2.75) is 58.4 Å². The summed E-state index contributed by atoms with van der Waals surface area (Å²) in [5.41, 5.74) is 4.15. The maximum atomic E-state index is 5.95. The largest absolute Gasteiger partial charge is 0.371 e. The van der Waals surface area contributed by atoms with Crippen molar-refractivity contribution in [3.8, 4) is 0 Å². The molecule has 2 fully saturated rings. The summed E-state index contributed by atoms with van der Waals surface area (Å²) in [7, 11) is 0. The Morgan fingerprint density at radius 1 is 1.25 bits per heavy atom. The predicted octanol–water partition coefficient (Wildman–Crippen LogP) is 2.86. The summed E-state index contributed by atoms with van der Waals surface area (Å²) >= 11 is 0. The molecule has 2 atom stereocenters. The third-order valence-electron chi connectivity index (χ3n) is 4.32. The summed E-state index contributed by atoms with van der Waals surface area (Å²) in [6, 6.07) is 7.36. The third-order valence-corrected chi connectivity index (χ3v) is 4.32. The molecule has 1 N–H and O–H groups in total. The quantitative estimate of drug-likeness (QED) is 0.913. The summed E-state index contributed by atoms with van der Waals surface area (Å²) in [4.78, 5) is 2.53. The van der Waals surface area contributed by atoms with Crippen LogP contribution in [0.1, 0.15) is 37.8 Å². The lowest BCUT2D eigenvalue weighted by molar-refractivity contribution is 0.0304. The van der Waals surface area contributed by atoms with E-state index in [9.17, 15) is 0 Å². The van der Waals surface area contributed by atoms with Crippen LogP contribution in [-0.2, 0) is 11.3 Å². The van der Waals surface area contributed by atoms with Gasteiger partial charge in [0.25, 0.3) is 0 Å². The molecule has 20 heavy (non-hydrogen) atoms. The van der Waals surface area contributed by atoms with Crippen LogP contribution in [0.3, 0.4) is 0 Å². The van der Waals surface area contributed by atoms with E-state index in [1.54, 1.807) is 0 Å². The fraction of sp³-hybridized carbons (Fsp3) is 0.647. The minimum Gasteiger partial charge on any atom is -0.371 e. The van der Waals surface area contributed by atoms with Crippen molar-refractivity contribution in [3.05, 3.63) is 29.3 Å². The van der Waals surface area contributed by atoms with Gasteiger partial charge in [-0.25, -0.2) is 0 Å². The van der Waals surface area contributed by atoms with Gasteiger partial charge in [-0.2, -0.15) is 0 Å². The standard InChI is InChI=1S/C17H26N2O/c1-12(2)18-9-14-8-13(3)4-7-17(14)19-10-15-5-6-16(11-19)20-15/h4,7-8,12,15-16,18H,5-6,9-11H2,1-3H3. The van der Waals surface area contributed by atoms with Crippen LogP contribution in [0.2, 0.25) is 0 Å². The Hall–Kier alpha value is -1.06. The maximum absolute atomic E-state index is 5.95. The topological polar surface area (TPSA) is 24.5 Å². The molecule has 110 valence electrons. The van der Waals surface area contributed by atoms with Crippen LogP contribution in [-0.4, -0.2) is 31.3 Å². The van der Waals surface area contributed by atoms with Gasteiger partial charge in [-0.05, 0) is 31.4 Å². The SMILES string of the molecule is Cc1ccc(N2CC3CCC(C2)O3)c(CNC(C)C)c1. The van der Waals surface area contributed by atoms with Gasteiger partial charge < -0.3 is 15.0 Å². The van der Waals surface area contributed by atoms with Gasteiger partial charge in [0.1, 0.15) is 0 Å². The lowest BCUT2D eigenvalue weighted by Gasteiger charge is -2.35. The second-order valence-electron chi connectivity index (χ2n) is 6.53. The van der Waals surface area contributed by atoms with Crippen LogP contribution in [0.5, 0.6) is 0 Å².